The smallest absolute Gasteiger partial charge is 0.462 e. The van der Waals surface area contributed by atoms with Crippen molar-refractivity contribution in [2.24, 2.45) is 0 Å². The fourth-order valence-corrected chi connectivity index (χ4v) is 6.66. The molecule has 0 saturated carbocycles. The highest BCUT2D eigenvalue weighted by atomic mass is 31.2. The van der Waals surface area contributed by atoms with Gasteiger partial charge < -0.3 is 18.9 Å². The minimum atomic E-state index is -4.39. The number of hydrogen-bond acceptors (Lipinski definition) is 7. The summed E-state index contributed by atoms with van der Waals surface area (Å²) in [5.74, 6) is -0.848. The summed E-state index contributed by atoms with van der Waals surface area (Å²) in [6, 6.07) is 0. The highest BCUT2D eigenvalue weighted by Gasteiger charge is 2.27. The maximum absolute atomic E-state index is 12.7. The molecule has 0 amide bonds. The lowest BCUT2D eigenvalue weighted by molar-refractivity contribution is -0.870. The van der Waals surface area contributed by atoms with Crippen molar-refractivity contribution < 1.29 is 42.1 Å². The van der Waals surface area contributed by atoms with Crippen LogP contribution in [0.1, 0.15) is 181 Å². The second-order valence-electron chi connectivity index (χ2n) is 16.4. The molecule has 0 rings (SSSR count). The number of quaternary nitrogens is 1. The Morgan fingerprint density at radius 1 is 0.534 bits per heavy atom. The van der Waals surface area contributed by atoms with Gasteiger partial charge in [-0.2, -0.15) is 0 Å². The van der Waals surface area contributed by atoms with Gasteiger partial charge in [0.05, 0.1) is 27.7 Å². The van der Waals surface area contributed by atoms with Crippen LogP contribution in [-0.4, -0.2) is 74.9 Å². The lowest BCUT2D eigenvalue weighted by Gasteiger charge is -2.24. The Kier molecular flexibility index (Phi) is 38.5. The monoisotopic (exact) mass is 837 g/mol. The van der Waals surface area contributed by atoms with Crippen LogP contribution in [0.15, 0.2) is 60.8 Å². The van der Waals surface area contributed by atoms with Crippen LogP contribution in [0.3, 0.4) is 0 Å². The zero-order chi connectivity index (χ0) is 42.8. The van der Waals surface area contributed by atoms with Crippen LogP contribution in [0.5, 0.6) is 0 Å². The van der Waals surface area contributed by atoms with E-state index >= 15 is 0 Å². The number of phosphoric acid groups is 1. The van der Waals surface area contributed by atoms with Crippen molar-refractivity contribution in [1.82, 2.24) is 0 Å². The van der Waals surface area contributed by atoms with Crippen molar-refractivity contribution in [3.05, 3.63) is 60.8 Å². The zero-order valence-corrected chi connectivity index (χ0v) is 38.7. The van der Waals surface area contributed by atoms with E-state index < -0.39 is 26.5 Å². The van der Waals surface area contributed by atoms with Crippen molar-refractivity contribution >= 4 is 19.8 Å². The standard InChI is InChI=1S/C48H86NO8P/c1-6-8-10-12-14-16-18-20-22-23-24-25-27-29-31-33-35-37-39-41-48(51)57-46(45-56-58(52,53)55-43-42-49(3,4)5)44-54-47(50)40-38-36-34-32-30-28-26-21-19-17-15-13-11-9-7-2/h10,12,16,18,22-23,25,27,31,33,46H,6-9,11,13-15,17,19-21,24,26,28-30,32,34-45H2,1-5H3/p+1/b12-10-,18-16-,23-22-,27-25-,33-31-/t46-/m1/s1. The third-order valence-electron chi connectivity index (χ3n) is 9.53. The molecule has 1 N–H and O–H groups in total. The Morgan fingerprint density at radius 2 is 0.966 bits per heavy atom. The van der Waals surface area contributed by atoms with Crippen LogP contribution in [0.2, 0.25) is 0 Å². The zero-order valence-electron chi connectivity index (χ0n) is 37.8. The molecule has 9 nitrogen and oxygen atoms in total. The Hall–Kier alpha value is -2.29. The average molecular weight is 837 g/mol. The van der Waals surface area contributed by atoms with Crippen molar-refractivity contribution in [1.29, 1.82) is 0 Å². The van der Waals surface area contributed by atoms with Gasteiger partial charge in [-0.05, 0) is 57.8 Å². The molecule has 0 aromatic heterocycles. The molecule has 10 heteroatoms. The minimum absolute atomic E-state index is 0.0217. The third kappa shape index (κ3) is 43.3. The summed E-state index contributed by atoms with van der Waals surface area (Å²) < 4.78 is 34.3. The van der Waals surface area contributed by atoms with E-state index in [9.17, 15) is 19.0 Å². The number of carbonyl (C=O) groups is 2. The molecule has 0 aliphatic rings. The molecule has 0 radical (unpaired) electrons. The Morgan fingerprint density at radius 3 is 1.45 bits per heavy atom. The van der Waals surface area contributed by atoms with Crippen LogP contribution in [0.4, 0.5) is 0 Å². The van der Waals surface area contributed by atoms with Crippen LogP contribution >= 0.6 is 7.82 Å². The SMILES string of the molecule is CCC/C=C\C/C=C\C/C=C\C/C=C\C/C=C\CCCCC(=O)O[C@H](COC(=O)CCCCCCCCCCCCCCCCC)COP(=O)(O)OCC[N+](C)(C)C. The van der Waals surface area contributed by atoms with E-state index in [2.05, 4.69) is 74.6 Å². The summed E-state index contributed by atoms with van der Waals surface area (Å²) in [6.45, 7) is 4.30. The second-order valence-corrected chi connectivity index (χ2v) is 17.9. The molecule has 336 valence electrons. The lowest BCUT2D eigenvalue weighted by Crippen LogP contribution is -2.37. The van der Waals surface area contributed by atoms with Gasteiger partial charge in [0.2, 0.25) is 0 Å². The van der Waals surface area contributed by atoms with Crippen molar-refractivity contribution in [3.63, 3.8) is 0 Å². The van der Waals surface area contributed by atoms with Gasteiger partial charge in [-0.3, -0.25) is 18.6 Å². The quantitative estimate of drug-likeness (QED) is 0.0213. The van der Waals surface area contributed by atoms with Gasteiger partial charge >= 0.3 is 19.8 Å². The van der Waals surface area contributed by atoms with Crippen molar-refractivity contribution in [2.45, 2.75) is 187 Å². The minimum Gasteiger partial charge on any atom is -0.462 e. The van der Waals surface area contributed by atoms with Gasteiger partial charge in [0, 0.05) is 12.8 Å². The number of rotatable bonds is 41. The molecular formula is C48H87NO8P+. The van der Waals surface area contributed by atoms with E-state index in [1.165, 1.54) is 83.5 Å². The summed E-state index contributed by atoms with van der Waals surface area (Å²) in [4.78, 5) is 35.4. The summed E-state index contributed by atoms with van der Waals surface area (Å²) in [7, 11) is 1.44. The van der Waals surface area contributed by atoms with E-state index in [1.54, 1.807) is 0 Å². The van der Waals surface area contributed by atoms with E-state index in [4.69, 9.17) is 18.5 Å². The summed E-state index contributed by atoms with van der Waals surface area (Å²) in [6.07, 6.45) is 48.4. The van der Waals surface area contributed by atoms with Gasteiger partial charge in [-0.15, -0.1) is 0 Å². The number of hydrogen-bond donors (Lipinski definition) is 1. The number of ether oxygens (including phenoxy) is 2. The van der Waals surface area contributed by atoms with E-state index in [1.807, 2.05) is 21.1 Å². The molecule has 1 unspecified atom stereocenters. The molecule has 0 saturated heterocycles. The molecular weight excluding hydrogens is 750 g/mol. The van der Waals surface area contributed by atoms with Crippen molar-refractivity contribution in [2.75, 3.05) is 47.5 Å². The maximum Gasteiger partial charge on any atom is 0.472 e. The predicted molar refractivity (Wildman–Crippen MR) is 243 cm³/mol. The number of esters is 2. The van der Waals surface area contributed by atoms with Gasteiger partial charge in [0.1, 0.15) is 19.8 Å². The number of allylic oxidation sites excluding steroid dienone is 10. The van der Waals surface area contributed by atoms with Gasteiger partial charge in [0.15, 0.2) is 6.10 Å². The number of likely N-dealkylation sites (N-methyl/N-ethyl adjacent to an activating group) is 1. The Balaban J connectivity index is 4.42. The fraction of sp³-hybridized carbons (Fsp3) is 0.750. The topological polar surface area (TPSA) is 108 Å². The molecule has 0 fully saturated rings. The van der Waals surface area contributed by atoms with Gasteiger partial charge in [0.25, 0.3) is 0 Å². The molecule has 0 spiro atoms. The van der Waals surface area contributed by atoms with Crippen LogP contribution in [0, 0.1) is 0 Å². The molecule has 0 heterocycles. The van der Waals surface area contributed by atoms with Crippen LogP contribution < -0.4 is 0 Å². The lowest BCUT2D eigenvalue weighted by atomic mass is 10.0. The molecule has 0 aromatic rings. The highest BCUT2D eigenvalue weighted by molar-refractivity contribution is 7.47. The fourth-order valence-electron chi connectivity index (χ4n) is 5.92. The highest BCUT2D eigenvalue weighted by Crippen LogP contribution is 2.43. The molecule has 0 bridgehead atoms. The van der Waals surface area contributed by atoms with Gasteiger partial charge in [-0.1, -0.05) is 171 Å². The molecule has 0 aliphatic carbocycles. The van der Waals surface area contributed by atoms with Crippen LogP contribution in [0.25, 0.3) is 0 Å². The molecule has 0 aliphatic heterocycles. The maximum atomic E-state index is 12.7. The normalized spacial score (nSPS) is 14.1. The summed E-state index contributed by atoms with van der Waals surface area (Å²) >= 11 is 0. The molecule has 2 atom stereocenters. The molecule has 58 heavy (non-hydrogen) atoms. The first-order valence-electron chi connectivity index (χ1n) is 23.0. The Bertz CT molecular complexity index is 1170. The van der Waals surface area contributed by atoms with Crippen LogP contribution in [-0.2, 0) is 32.7 Å². The van der Waals surface area contributed by atoms with E-state index in [0.717, 1.165) is 64.2 Å². The van der Waals surface area contributed by atoms with Gasteiger partial charge in [-0.25, -0.2) is 4.57 Å². The first kappa shape index (κ1) is 55.7. The summed E-state index contributed by atoms with van der Waals surface area (Å²) in [5, 5.41) is 0. The van der Waals surface area contributed by atoms with E-state index in [-0.39, 0.29) is 32.0 Å². The largest absolute Gasteiger partial charge is 0.472 e. The van der Waals surface area contributed by atoms with Crippen molar-refractivity contribution in [3.8, 4) is 0 Å². The third-order valence-corrected chi connectivity index (χ3v) is 10.5. The Labute approximate surface area is 356 Å². The summed E-state index contributed by atoms with van der Waals surface area (Å²) in [5.41, 5.74) is 0. The number of phosphoric ester groups is 1. The second kappa shape index (κ2) is 40.1. The molecule has 0 aromatic carbocycles. The first-order valence-corrected chi connectivity index (χ1v) is 24.5. The number of carbonyl (C=O) groups excluding carboxylic acids is 2. The average Bonchev–Trinajstić information content (AvgIpc) is 3.17. The first-order chi connectivity index (χ1) is 28.0. The number of nitrogens with zero attached hydrogens (tertiary/aromatic N) is 1. The number of unbranched alkanes of at least 4 members (excludes halogenated alkanes) is 17. The van der Waals surface area contributed by atoms with E-state index in [0.29, 0.717) is 17.4 Å². The predicted octanol–water partition coefficient (Wildman–Crippen LogP) is 13.2.